The fourth-order valence-electron chi connectivity index (χ4n) is 5.50. The molecule has 6 rings (SSSR count). The van der Waals surface area contributed by atoms with Gasteiger partial charge in [0.1, 0.15) is 17.3 Å². The van der Waals surface area contributed by atoms with Gasteiger partial charge in [0.15, 0.2) is 5.79 Å². The smallest absolute Gasteiger partial charge is 0.169 e. The van der Waals surface area contributed by atoms with Gasteiger partial charge in [0.05, 0.1) is 37.6 Å². The molecule has 5 atom stereocenters. The van der Waals surface area contributed by atoms with Crippen molar-refractivity contribution in [1.29, 1.82) is 0 Å². The van der Waals surface area contributed by atoms with Crippen molar-refractivity contribution in [3.05, 3.63) is 0 Å². The van der Waals surface area contributed by atoms with Crippen LogP contribution in [0.2, 0.25) is 0 Å². The van der Waals surface area contributed by atoms with E-state index >= 15 is 0 Å². The molecule has 3 heterocycles. The minimum absolute atomic E-state index is 0.108. The van der Waals surface area contributed by atoms with E-state index in [4.69, 9.17) is 18.9 Å². The molecule has 3 aliphatic heterocycles. The maximum absolute atomic E-state index is 11.2. The van der Waals surface area contributed by atoms with Crippen molar-refractivity contribution < 1.29 is 33.3 Å². The molecule has 0 aromatic carbocycles. The zero-order chi connectivity index (χ0) is 23.0. The van der Waals surface area contributed by atoms with Gasteiger partial charge in [-0.25, -0.2) is 0 Å². The predicted molar refractivity (Wildman–Crippen MR) is 116 cm³/mol. The third-order valence-electron chi connectivity index (χ3n) is 8.28. The molecule has 5 unspecified atom stereocenters. The Hall–Kier alpha value is -1.15. The average Bonchev–Trinajstić information content (AvgIpc) is 3.67. The molecule has 180 valence electrons. The number of carbonyl (C=O) groups is 3. The van der Waals surface area contributed by atoms with E-state index in [9.17, 15) is 14.4 Å². The van der Waals surface area contributed by atoms with Crippen LogP contribution in [0.1, 0.15) is 78.6 Å². The second-order valence-corrected chi connectivity index (χ2v) is 10.7. The van der Waals surface area contributed by atoms with Crippen molar-refractivity contribution in [2.24, 2.45) is 17.8 Å². The normalized spacial score (nSPS) is 41.7. The summed E-state index contributed by atoms with van der Waals surface area (Å²) in [5, 5.41) is 0. The van der Waals surface area contributed by atoms with Gasteiger partial charge in [-0.3, -0.25) is 14.4 Å². The SMILES string of the molecule is CC1CC(=O)CCC12CO2.CC1CC(=O)CCC12CO2.CC1CC2(CCC1=O)OCCO2. The molecule has 0 amide bonds. The maximum atomic E-state index is 11.2. The molecule has 0 radical (unpaired) electrons. The quantitative estimate of drug-likeness (QED) is 0.522. The number of carbonyl (C=O) groups excluding carboxylic acids is 3. The van der Waals surface area contributed by atoms with Gasteiger partial charge in [-0.2, -0.15) is 0 Å². The molecule has 6 fully saturated rings. The lowest BCUT2D eigenvalue weighted by Gasteiger charge is -2.33. The van der Waals surface area contributed by atoms with Crippen molar-refractivity contribution in [3.8, 4) is 0 Å². The number of ketones is 3. The average molecular weight is 451 g/mol. The summed E-state index contributed by atoms with van der Waals surface area (Å²) in [7, 11) is 0. The number of Topliss-reactive ketones (excluding diaryl/α,β-unsaturated/α-hetero) is 3. The molecule has 0 aromatic rings. The van der Waals surface area contributed by atoms with Gasteiger partial charge in [0.25, 0.3) is 0 Å². The highest BCUT2D eigenvalue weighted by atomic mass is 16.7. The number of ether oxygens (including phenoxy) is 4. The Bertz CT molecular complexity index is 691. The Morgan fingerprint density at radius 3 is 1.53 bits per heavy atom. The first-order valence-electron chi connectivity index (χ1n) is 12.3. The van der Waals surface area contributed by atoms with Crippen LogP contribution in [0.3, 0.4) is 0 Å². The Morgan fingerprint density at radius 1 is 0.688 bits per heavy atom. The lowest BCUT2D eigenvalue weighted by molar-refractivity contribution is -0.187. The standard InChI is InChI=1S/C9H14O3.2C8H12O2/c1-7-6-9(3-2-8(7)10)11-4-5-12-9;2*1-6-4-7(9)2-3-8(6)5-10-8/h7H,2-6H2,1H3;2*6H,2-5H2,1H3. The Balaban J connectivity index is 0.000000115. The summed E-state index contributed by atoms with van der Waals surface area (Å²) in [6.07, 6.45) is 6.98. The van der Waals surface area contributed by atoms with Crippen molar-refractivity contribution in [2.75, 3.05) is 26.4 Å². The summed E-state index contributed by atoms with van der Waals surface area (Å²) >= 11 is 0. The van der Waals surface area contributed by atoms with Crippen molar-refractivity contribution in [3.63, 3.8) is 0 Å². The highest BCUT2D eigenvalue weighted by Crippen LogP contribution is 2.45. The van der Waals surface area contributed by atoms with Crippen LogP contribution < -0.4 is 0 Å². The number of hydrogen-bond acceptors (Lipinski definition) is 7. The van der Waals surface area contributed by atoms with E-state index in [0.29, 0.717) is 48.8 Å². The third-order valence-corrected chi connectivity index (χ3v) is 8.28. The largest absolute Gasteiger partial charge is 0.369 e. The molecule has 3 saturated heterocycles. The van der Waals surface area contributed by atoms with Gasteiger partial charge in [0.2, 0.25) is 0 Å². The topological polar surface area (TPSA) is 94.7 Å². The van der Waals surface area contributed by atoms with Gasteiger partial charge in [-0.15, -0.1) is 0 Å². The molecule has 0 aromatic heterocycles. The summed E-state index contributed by atoms with van der Waals surface area (Å²) < 4.78 is 21.7. The predicted octanol–water partition coefficient (Wildman–Crippen LogP) is 3.41. The Kier molecular flexibility index (Phi) is 6.93. The van der Waals surface area contributed by atoms with E-state index in [2.05, 4.69) is 13.8 Å². The van der Waals surface area contributed by atoms with E-state index in [1.54, 1.807) is 0 Å². The van der Waals surface area contributed by atoms with Crippen molar-refractivity contribution in [2.45, 2.75) is 95.5 Å². The molecule has 7 nitrogen and oxygen atoms in total. The summed E-state index contributed by atoms with van der Waals surface area (Å²) in [6, 6.07) is 0. The molecule has 0 N–H and O–H groups in total. The van der Waals surface area contributed by atoms with Gasteiger partial charge in [0, 0.05) is 50.9 Å². The van der Waals surface area contributed by atoms with Crippen molar-refractivity contribution >= 4 is 17.3 Å². The first kappa shape index (κ1) is 24.0. The second kappa shape index (κ2) is 9.24. The van der Waals surface area contributed by atoms with Crippen LogP contribution in [0.15, 0.2) is 0 Å². The van der Waals surface area contributed by atoms with Gasteiger partial charge in [-0.1, -0.05) is 20.8 Å². The fraction of sp³-hybridized carbons (Fsp3) is 0.880. The lowest BCUT2D eigenvalue weighted by Crippen LogP contribution is -2.39. The highest BCUT2D eigenvalue weighted by molar-refractivity contribution is 5.81. The number of rotatable bonds is 0. The van der Waals surface area contributed by atoms with Crippen molar-refractivity contribution in [1.82, 2.24) is 0 Å². The molecule has 6 aliphatic rings. The number of hydrogen-bond donors (Lipinski definition) is 0. The highest BCUT2D eigenvalue weighted by Gasteiger charge is 2.52. The van der Waals surface area contributed by atoms with Crippen LogP contribution in [0.4, 0.5) is 0 Å². The van der Waals surface area contributed by atoms with Crippen LogP contribution in [0.5, 0.6) is 0 Å². The summed E-state index contributed by atoms with van der Waals surface area (Å²) in [5.41, 5.74) is 0.293. The molecule has 7 heteroatoms. The summed E-state index contributed by atoms with van der Waals surface area (Å²) in [5.74, 6) is 1.81. The summed E-state index contributed by atoms with van der Waals surface area (Å²) in [6.45, 7) is 9.33. The number of epoxide rings is 2. The van der Waals surface area contributed by atoms with Crippen LogP contribution in [-0.2, 0) is 33.3 Å². The van der Waals surface area contributed by atoms with Crippen LogP contribution in [0, 0.1) is 17.8 Å². The van der Waals surface area contributed by atoms with E-state index in [-0.39, 0.29) is 17.1 Å². The maximum Gasteiger partial charge on any atom is 0.169 e. The zero-order valence-corrected chi connectivity index (χ0v) is 19.8. The molecule has 3 aliphatic carbocycles. The zero-order valence-electron chi connectivity index (χ0n) is 19.8. The fourth-order valence-corrected chi connectivity index (χ4v) is 5.50. The third kappa shape index (κ3) is 5.32. The minimum Gasteiger partial charge on any atom is -0.369 e. The molecule has 3 spiro atoms. The van der Waals surface area contributed by atoms with Gasteiger partial charge < -0.3 is 18.9 Å². The second-order valence-electron chi connectivity index (χ2n) is 10.7. The molecule has 3 saturated carbocycles. The van der Waals surface area contributed by atoms with E-state index in [1.165, 1.54) is 0 Å². The van der Waals surface area contributed by atoms with Crippen LogP contribution in [0.25, 0.3) is 0 Å². The molecule has 32 heavy (non-hydrogen) atoms. The van der Waals surface area contributed by atoms with E-state index in [1.807, 2.05) is 6.92 Å². The molecule has 0 bridgehead atoms. The van der Waals surface area contributed by atoms with E-state index in [0.717, 1.165) is 64.6 Å². The van der Waals surface area contributed by atoms with Gasteiger partial charge in [-0.05, 0) is 24.7 Å². The Morgan fingerprint density at radius 2 is 1.16 bits per heavy atom. The Labute approximate surface area is 190 Å². The van der Waals surface area contributed by atoms with Crippen LogP contribution in [-0.4, -0.2) is 60.8 Å². The minimum atomic E-state index is -0.396. The molecular weight excluding hydrogens is 412 g/mol. The first-order chi connectivity index (χ1) is 15.2. The van der Waals surface area contributed by atoms with E-state index < -0.39 is 5.79 Å². The summed E-state index contributed by atoms with van der Waals surface area (Å²) in [4.78, 5) is 33.1. The van der Waals surface area contributed by atoms with Crippen LogP contribution >= 0.6 is 0 Å². The monoisotopic (exact) mass is 450 g/mol. The lowest BCUT2D eigenvalue weighted by atomic mass is 9.80. The molecular formula is C25H38O7. The van der Waals surface area contributed by atoms with Gasteiger partial charge >= 0.3 is 0 Å². The first-order valence-corrected chi connectivity index (χ1v) is 12.3.